The molecule has 0 bridgehead atoms. The lowest BCUT2D eigenvalue weighted by Crippen LogP contribution is -2.38. The fourth-order valence-electron chi connectivity index (χ4n) is 2.65. The molecular formula is C15H25F3IN5S. The number of thiazole rings is 1. The van der Waals surface area contributed by atoms with Gasteiger partial charge < -0.3 is 15.5 Å². The first-order chi connectivity index (χ1) is 11.4. The second kappa shape index (κ2) is 10.5. The molecule has 1 fully saturated rings. The molecule has 0 unspecified atom stereocenters. The van der Waals surface area contributed by atoms with Crippen molar-refractivity contribution in [1.82, 2.24) is 20.5 Å². The normalized spacial score (nSPS) is 17.2. The number of likely N-dealkylation sites (tertiary alicyclic amines) is 1. The maximum Gasteiger partial charge on any atom is 0.434 e. The van der Waals surface area contributed by atoms with Gasteiger partial charge >= 0.3 is 6.18 Å². The van der Waals surface area contributed by atoms with Crippen LogP contribution in [0.1, 0.15) is 30.0 Å². The lowest BCUT2D eigenvalue weighted by molar-refractivity contribution is -0.140. The summed E-state index contributed by atoms with van der Waals surface area (Å²) in [4.78, 5) is 10.0. The Bertz CT molecular complexity index is 542. The van der Waals surface area contributed by atoms with Gasteiger partial charge in [0.2, 0.25) is 0 Å². The monoisotopic (exact) mass is 491 g/mol. The van der Waals surface area contributed by atoms with E-state index in [1.807, 2.05) is 0 Å². The molecule has 2 rings (SSSR count). The second-order valence-corrected chi connectivity index (χ2v) is 6.95. The summed E-state index contributed by atoms with van der Waals surface area (Å²) in [7, 11) is 3.79. The van der Waals surface area contributed by atoms with Crippen LogP contribution < -0.4 is 10.6 Å². The van der Waals surface area contributed by atoms with Crippen molar-refractivity contribution >= 4 is 41.3 Å². The smallest absolute Gasteiger partial charge is 0.356 e. The Hall–Kier alpha value is -0.620. The van der Waals surface area contributed by atoms with Gasteiger partial charge in [-0.15, -0.1) is 35.3 Å². The lowest BCUT2D eigenvalue weighted by atomic mass is 9.94. The number of aliphatic imine (C=N–C) groups is 1. The lowest BCUT2D eigenvalue weighted by Gasteiger charge is -2.29. The molecule has 1 aliphatic rings. The van der Waals surface area contributed by atoms with Gasteiger partial charge in [0.25, 0.3) is 0 Å². The minimum Gasteiger partial charge on any atom is -0.356 e. The van der Waals surface area contributed by atoms with Crippen LogP contribution in [0.25, 0.3) is 0 Å². The van der Waals surface area contributed by atoms with Crippen LogP contribution in [0.2, 0.25) is 0 Å². The van der Waals surface area contributed by atoms with E-state index < -0.39 is 11.9 Å². The van der Waals surface area contributed by atoms with E-state index in [4.69, 9.17) is 0 Å². The summed E-state index contributed by atoms with van der Waals surface area (Å²) in [6, 6.07) is 0. The number of nitrogens with zero attached hydrogens (tertiary/aromatic N) is 3. The summed E-state index contributed by atoms with van der Waals surface area (Å²) in [5, 5.41) is 7.65. The van der Waals surface area contributed by atoms with E-state index in [0.717, 1.165) is 48.7 Å². The Labute approximate surface area is 167 Å². The topological polar surface area (TPSA) is 52.6 Å². The zero-order valence-corrected chi connectivity index (χ0v) is 17.5. The Morgan fingerprint density at radius 1 is 1.36 bits per heavy atom. The minimum absolute atomic E-state index is 0. The molecule has 0 radical (unpaired) electrons. The van der Waals surface area contributed by atoms with Crippen molar-refractivity contribution in [1.29, 1.82) is 0 Å². The zero-order chi connectivity index (χ0) is 17.6. The van der Waals surface area contributed by atoms with E-state index in [-0.39, 0.29) is 30.5 Å². The fraction of sp³-hybridized carbons (Fsp3) is 0.733. The Kier molecular flexibility index (Phi) is 9.43. The quantitative estimate of drug-likeness (QED) is 0.378. The van der Waals surface area contributed by atoms with Crippen LogP contribution in [0.5, 0.6) is 0 Å². The van der Waals surface area contributed by atoms with Crippen molar-refractivity contribution in [3.05, 3.63) is 16.1 Å². The number of guanidine groups is 1. The summed E-state index contributed by atoms with van der Waals surface area (Å²) in [6.07, 6.45) is -0.889. The van der Waals surface area contributed by atoms with Crippen LogP contribution in [0.4, 0.5) is 13.2 Å². The van der Waals surface area contributed by atoms with Gasteiger partial charge in [-0.1, -0.05) is 0 Å². The van der Waals surface area contributed by atoms with Crippen molar-refractivity contribution in [3.63, 3.8) is 0 Å². The molecule has 144 valence electrons. The predicted octanol–water partition coefficient (Wildman–Crippen LogP) is 3.18. The van der Waals surface area contributed by atoms with Crippen LogP contribution in [0, 0.1) is 5.92 Å². The van der Waals surface area contributed by atoms with Gasteiger partial charge in [0.1, 0.15) is 5.01 Å². The third kappa shape index (κ3) is 7.65. The number of rotatable bonds is 5. The van der Waals surface area contributed by atoms with E-state index in [2.05, 4.69) is 32.6 Å². The summed E-state index contributed by atoms with van der Waals surface area (Å²) in [5.41, 5.74) is -0.838. The summed E-state index contributed by atoms with van der Waals surface area (Å²) >= 11 is 0.995. The molecule has 1 aromatic heterocycles. The molecule has 10 heteroatoms. The Morgan fingerprint density at radius 3 is 2.60 bits per heavy atom. The second-order valence-electron chi connectivity index (χ2n) is 6.01. The predicted molar refractivity (Wildman–Crippen MR) is 106 cm³/mol. The maximum atomic E-state index is 12.5. The van der Waals surface area contributed by atoms with Crippen molar-refractivity contribution in [2.45, 2.75) is 32.0 Å². The number of aromatic nitrogens is 1. The average Bonchev–Trinajstić information content (AvgIpc) is 3.01. The molecule has 1 aromatic rings. The van der Waals surface area contributed by atoms with Crippen molar-refractivity contribution in [3.8, 4) is 0 Å². The van der Waals surface area contributed by atoms with Crippen LogP contribution >= 0.6 is 35.3 Å². The molecule has 1 saturated heterocycles. The number of hydrogen-bond donors (Lipinski definition) is 2. The summed E-state index contributed by atoms with van der Waals surface area (Å²) in [5.74, 6) is 1.31. The van der Waals surface area contributed by atoms with Crippen LogP contribution in [-0.4, -0.2) is 49.6 Å². The highest BCUT2D eigenvalue weighted by Gasteiger charge is 2.33. The van der Waals surface area contributed by atoms with Crippen LogP contribution in [-0.2, 0) is 12.7 Å². The highest BCUT2D eigenvalue weighted by atomic mass is 127. The molecular weight excluding hydrogens is 466 g/mol. The summed E-state index contributed by atoms with van der Waals surface area (Å²) < 4.78 is 37.6. The van der Waals surface area contributed by atoms with Gasteiger partial charge in [-0.3, -0.25) is 4.99 Å². The van der Waals surface area contributed by atoms with Crippen molar-refractivity contribution in [2.75, 3.05) is 33.7 Å². The molecule has 0 amide bonds. The number of alkyl halides is 3. The summed E-state index contributed by atoms with van der Waals surface area (Å²) in [6.45, 7) is 3.32. The standard InChI is InChI=1S/C15H24F3N5S.HI/c1-19-14(20-6-3-11-4-7-23(2)8-5-11)21-9-13-22-12(10-24-13)15(16,17)18;/h10-11H,3-9H2,1-2H3,(H2,19,20,21);1H. The largest absolute Gasteiger partial charge is 0.434 e. The fourth-order valence-corrected chi connectivity index (χ4v) is 3.39. The van der Waals surface area contributed by atoms with Gasteiger partial charge in [-0.05, 0) is 45.3 Å². The average molecular weight is 491 g/mol. The van der Waals surface area contributed by atoms with Gasteiger partial charge in [-0.2, -0.15) is 13.2 Å². The Balaban J connectivity index is 0.00000312. The van der Waals surface area contributed by atoms with Gasteiger partial charge in [-0.25, -0.2) is 4.98 Å². The number of nitrogens with one attached hydrogen (secondary N) is 2. The van der Waals surface area contributed by atoms with Crippen LogP contribution in [0.3, 0.4) is 0 Å². The molecule has 0 saturated carbocycles. The van der Waals surface area contributed by atoms with E-state index in [0.29, 0.717) is 11.0 Å². The SMILES string of the molecule is CN=C(NCCC1CCN(C)CC1)NCc1nc(C(F)(F)F)cs1.I. The zero-order valence-electron chi connectivity index (χ0n) is 14.4. The van der Waals surface area contributed by atoms with E-state index in [1.54, 1.807) is 7.05 Å². The maximum absolute atomic E-state index is 12.5. The molecule has 5 nitrogen and oxygen atoms in total. The van der Waals surface area contributed by atoms with Gasteiger partial charge in [0, 0.05) is 19.0 Å². The highest BCUT2D eigenvalue weighted by Crippen LogP contribution is 2.29. The number of piperidine rings is 1. The first-order valence-corrected chi connectivity index (χ1v) is 8.91. The van der Waals surface area contributed by atoms with Gasteiger partial charge in [0.15, 0.2) is 11.7 Å². The number of halogens is 4. The molecule has 1 aliphatic heterocycles. The number of hydrogen-bond acceptors (Lipinski definition) is 4. The van der Waals surface area contributed by atoms with E-state index in [1.165, 1.54) is 12.8 Å². The third-order valence-corrected chi connectivity index (χ3v) is 5.00. The van der Waals surface area contributed by atoms with Crippen molar-refractivity contribution < 1.29 is 13.2 Å². The van der Waals surface area contributed by atoms with Crippen LogP contribution in [0.15, 0.2) is 10.4 Å². The molecule has 25 heavy (non-hydrogen) atoms. The minimum atomic E-state index is -4.39. The molecule has 2 heterocycles. The molecule has 0 aliphatic carbocycles. The highest BCUT2D eigenvalue weighted by molar-refractivity contribution is 14.0. The Morgan fingerprint density at radius 2 is 2.04 bits per heavy atom. The molecule has 0 aromatic carbocycles. The molecule has 0 spiro atoms. The molecule has 2 N–H and O–H groups in total. The first kappa shape index (κ1) is 22.4. The molecule has 0 atom stereocenters. The van der Waals surface area contributed by atoms with Gasteiger partial charge in [0.05, 0.1) is 6.54 Å². The van der Waals surface area contributed by atoms with E-state index >= 15 is 0 Å². The van der Waals surface area contributed by atoms with E-state index in [9.17, 15) is 13.2 Å². The third-order valence-electron chi connectivity index (χ3n) is 4.16. The van der Waals surface area contributed by atoms with Crippen molar-refractivity contribution in [2.24, 2.45) is 10.9 Å². The first-order valence-electron chi connectivity index (χ1n) is 8.03.